The number of halogens is 1. The molecule has 0 unspecified atom stereocenters. The van der Waals surface area contributed by atoms with Gasteiger partial charge in [0.2, 0.25) is 0 Å². The van der Waals surface area contributed by atoms with Crippen molar-refractivity contribution >= 4 is 33.3 Å². The van der Waals surface area contributed by atoms with Gasteiger partial charge in [-0.3, -0.25) is 10.1 Å². The highest BCUT2D eigenvalue weighted by molar-refractivity contribution is 7.92. The third kappa shape index (κ3) is 3.14. The second-order valence-corrected chi connectivity index (χ2v) is 6.28. The number of rotatable bonds is 4. The fourth-order valence-corrected chi connectivity index (χ4v) is 3.11. The van der Waals surface area contributed by atoms with E-state index in [1.165, 1.54) is 19.3 Å². The molecule has 1 aromatic heterocycles. The van der Waals surface area contributed by atoms with Gasteiger partial charge in [0.1, 0.15) is 11.3 Å². The van der Waals surface area contributed by atoms with Crippen LogP contribution in [0.3, 0.4) is 0 Å². The van der Waals surface area contributed by atoms with E-state index in [0.29, 0.717) is 5.69 Å². The lowest BCUT2D eigenvalue weighted by Gasteiger charge is -2.08. The van der Waals surface area contributed by atoms with Gasteiger partial charge in [0.15, 0.2) is 0 Å². The van der Waals surface area contributed by atoms with Crippen LogP contribution in [0.5, 0.6) is 0 Å². The van der Waals surface area contributed by atoms with Crippen molar-refractivity contribution in [1.82, 2.24) is 4.98 Å². The van der Waals surface area contributed by atoms with E-state index in [1.807, 2.05) is 0 Å². The van der Waals surface area contributed by atoms with Gasteiger partial charge in [0, 0.05) is 6.07 Å². The van der Waals surface area contributed by atoms with E-state index in [-0.39, 0.29) is 21.5 Å². The molecule has 0 aliphatic carbocycles. The number of nitro benzene ring substituents is 1. The molecular formula is C11H10ClN3O5S. The standard InChI is InChI=1S/C11H10ClN3O5S/c1-6-3-8(12)9(15(16)17)4-10(6)21(18,19)14-11-13-7(2)5-20-11/h3-5H,1-2H3,(H,13,14). The minimum Gasteiger partial charge on any atom is -0.431 e. The van der Waals surface area contributed by atoms with Gasteiger partial charge in [-0.15, -0.1) is 0 Å². The van der Waals surface area contributed by atoms with Gasteiger partial charge in [-0.2, -0.15) is 4.98 Å². The number of aromatic nitrogens is 1. The Bertz CT molecular complexity index is 815. The normalized spacial score (nSPS) is 11.4. The fraction of sp³-hybridized carbons (Fsp3) is 0.182. The molecule has 0 atom stereocenters. The van der Waals surface area contributed by atoms with Crippen molar-refractivity contribution in [2.45, 2.75) is 18.7 Å². The summed E-state index contributed by atoms with van der Waals surface area (Å²) in [5.74, 6) is 0. The number of anilines is 1. The molecule has 0 aliphatic heterocycles. The molecule has 0 aliphatic rings. The zero-order valence-corrected chi connectivity index (χ0v) is 12.5. The molecule has 0 bridgehead atoms. The smallest absolute Gasteiger partial charge is 0.309 e. The maximum atomic E-state index is 12.2. The lowest BCUT2D eigenvalue weighted by molar-refractivity contribution is -0.384. The lowest BCUT2D eigenvalue weighted by Crippen LogP contribution is -2.15. The number of hydrogen-bond donors (Lipinski definition) is 1. The Kier molecular flexibility index (Phi) is 3.88. The highest BCUT2D eigenvalue weighted by Gasteiger charge is 2.24. The summed E-state index contributed by atoms with van der Waals surface area (Å²) in [5, 5.41) is 10.7. The number of sulfonamides is 1. The largest absolute Gasteiger partial charge is 0.431 e. The zero-order chi connectivity index (χ0) is 15.8. The van der Waals surface area contributed by atoms with Gasteiger partial charge in [0.25, 0.3) is 15.7 Å². The van der Waals surface area contributed by atoms with Crippen LogP contribution in [0.2, 0.25) is 5.02 Å². The molecule has 10 heteroatoms. The highest BCUT2D eigenvalue weighted by atomic mass is 35.5. The monoisotopic (exact) mass is 331 g/mol. The van der Waals surface area contributed by atoms with Gasteiger partial charge in [-0.05, 0) is 25.5 Å². The molecule has 112 valence electrons. The van der Waals surface area contributed by atoms with E-state index in [2.05, 4.69) is 9.71 Å². The quantitative estimate of drug-likeness (QED) is 0.680. The summed E-state index contributed by atoms with van der Waals surface area (Å²) < 4.78 is 31.5. The van der Waals surface area contributed by atoms with Crippen molar-refractivity contribution in [3.63, 3.8) is 0 Å². The third-order valence-corrected chi connectivity index (χ3v) is 4.34. The van der Waals surface area contributed by atoms with E-state index in [4.69, 9.17) is 16.0 Å². The van der Waals surface area contributed by atoms with Crippen molar-refractivity contribution in [2.24, 2.45) is 0 Å². The van der Waals surface area contributed by atoms with E-state index in [0.717, 1.165) is 6.07 Å². The molecule has 2 rings (SSSR count). The van der Waals surface area contributed by atoms with Crippen molar-refractivity contribution in [3.05, 3.63) is 44.8 Å². The van der Waals surface area contributed by atoms with Crippen LogP contribution in [-0.4, -0.2) is 18.3 Å². The number of aryl methyl sites for hydroxylation is 2. The van der Waals surface area contributed by atoms with E-state index < -0.39 is 20.6 Å². The Balaban J connectivity index is 2.49. The number of nitrogens with one attached hydrogen (secondary N) is 1. The minimum absolute atomic E-state index is 0.136. The molecule has 1 N–H and O–H groups in total. The van der Waals surface area contributed by atoms with Crippen LogP contribution < -0.4 is 4.72 Å². The summed E-state index contributed by atoms with van der Waals surface area (Å²) in [7, 11) is -4.07. The molecule has 2 aromatic rings. The van der Waals surface area contributed by atoms with Crippen molar-refractivity contribution in [2.75, 3.05) is 4.72 Å². The van der Waals surface area contributed by atoms with Gasteiger partial charge < -0.3 is 4.42 Å². The van der Waals surface area contributed by atoms with Crippen LogP contribution in [0.4, 0.5) is 11.7 Å². The van der Waals surface area contributed by atoms with Crippen molar-refractivity contribution in [3.8, 4) is 0 Å². The first-order chi connectivity index (χ1) is 9.70. The molecule has 0 spiro atoms. The molecule has 0 fully saturated rings. The lowest BCUT2D eigenvalue weighted by atomic mass is 10.2. The summed E-state index contributed by atoms with van der Waals surface area (Å²) >= 11 is 5.72. The summed E-state index contributed by atoms with van der Waals surface area (Å²) in [6.45, 7) is 3.10. The van der Waals surface area contributed by atoms with Gasteiger partial charge >= 0.3 is 6.01 Å². The van der Waals surface area contributed by atoms with Crippen molar-refractivity contribution < 1.29 is 17.8 Å². The van der Waals surface area contributed by atoms with Gasteiger partial charge in [-0.25, -0.2) is 13.1 Å². The number of benzene rings is 1. The first-order valence-electron chi connectivity index (χ1n) is 5.60. The second-order valence-electron chi connectivity index (χ2n) is 4.23. The molecule has 0 saturated carbocycles. The molecule has 0 radical (unpaired) electrons. The third-order valence-electron chi connectivity index (χ3n) is 2.57. The molecular weight excluding hydrogens is 322 g/mol. The predicted molar refractivity (Wildman–Crippen MR) is 74.9 cm³/mol. The SMILES string of the molecule is Cc1coc(NS(=O)(=O)c2cc([N+](=O)[O-])c(Cl)cc2C)n1. The molecule has 8 nitrogen and oxygen atoms in total. The summed E-state index contributed by atoms with van der Waals surface area (Å²) in [5.41, 5.74) is 0.263. The maximum Gasteiger partial charge on any atom is 0.309 e. The second kappa shape index (κ2) is 5.34. The van der Waals surface area contributed by atoms with Crippen LogP contribution in [0.15, 0.2) is 27.7 Å². The van der Waals surface area contributed by atoms with Crippen LogP contribution in [0, 0.1) is 24.0 Å². The van der Waals surface area contributed by atoms with Crippen LogP contribution >= 0.6 is 11.6 Å². The number of hydrogen-bond acceptors (Lipinski definition) is 6. The van der Waals surface area contributed by atoms with Gasteiger partial charge in [0.05, 0.1) is 15.5 Å². The Hall–Kier alpha value is -2.13. The van der Waals surface area contributed by atoms with Crippen LogP contribution in [0.25, 0.3) is 0 Å². The molecule has 1 aromatic carbocycles. The van der Waals surface area contributed by atoms with Crippen molar-refractivity contribution in [1.29, 1.82) is 0 Å². The minimum atomic E-state index is -4.07. The average molecular weight is 332 g/mol. The number of nitro groups is 1. The van der Waals surface area contributed by atoms with Crippen LogP contribution in [-0.2, 0) is 10.0 Å². The van der Waals surface area contributed by atoms with E-state index >= 15 is 0 Å². The first-order valence-corrected chi connectivity index (χ1v) is 7.46. The zero-order valence-electron chi connectivity index (χ0n) is 11.0. The van der Waals surface area contributed by atoms with E-state index in [9.17, 15) is 18.5 Å². The summed E-state index contributed by atoms with van der Waals surface area (Å²) in [4.78, 5) is 13.6. The molecule has 0 amide bonds. The molecule has 21 heavy (non-hydrogen) atoms. The Morgan fingerprint density at radius 3 is 2.57 bits per heavy atom. The van der Waals surface area contributed by atoms with E-state index in [1.54, 1.807) is 6.92 Å². The molecule has 1 heterocycles. The Morgan fingerprint density at radius 1 is 1.38 bits per heavy atom. The van der Waals surface area contributed by atoms with Gasteiger partial charge in [-0.1, -0.05) is 11.6 Å². The highest BCUT2D eigenvalue weighted by Crippen LogP contribution is 2.30. The Labute approximate surface area is 124 Å². The topological polar surface area (TPSA) is 115 Å². The fourth-order valence-electron chi connectivity index (χ4n) is 1.64. The summed E-state index contributed by atoms with van der Waals surface area (Å²) in [6, 6.07) is 1.90. The maximum absolute atomic E-state index is 12.2. The number of nitrogens with zero attached hydrogens (tertiary/aromatic N) is 2. The Morgan fingerprint density at radius 2 is 2.05 bits per heavy atom. The molecule has 0 saturated heterocycles. The predicted octanol–water partition coefficient (Wildman–Crippen LogP) is 2.65. The average Bonchev–Trinajstić information content (AvgIpc) is 2.72. The summed E-state index contributed by atoms with van der Waals surface area (Å²) in [6.07, 6.45) is 1.27. The first kappa shape index (κ1) is 15.3. The van der Waals surface area contributed by atoms with Crippen LogP contribution in [0.1, 0.15) is 11.3 Å². The number of oxazole rings is 1.